The van der Waals surface area contributed by atoms with Crippen molar-refractivity contribution in [1.29, 1.82) is 0 Å². The summed E-state index contributed by atoms with van der Waals surface area (Å²) in [6.07, 6.45) is 1.01. The van der Waals surface area contributed by atoms with Gasteiger partial charge in [-0.3, -0.25) is 4.79 Å². The summed E-state index contributed by atoms with van der Waals surface area (Å²) >= 11 is 10.2. The molecule has 4 heteroatoms. The van der Waals surface area contributed by atoms with Crippen molar-refractivity contribution in [3.8, 4) is 0 Å². The predicted molar refractivity (Wildman–Crippen MR) is 85.7 cm³/mol. The molecule has 0 aromatic heterocycles. The monoisotopic (exact) mass is 305 g/mol. The van der Waals surface area contributed by atoms with E-state index in [-0.39, 0.29) is 5.91 Å². The molecule has 2 rings (SSSR count). The summed E-state index contributed by atoms with van der Waals surface area (Å²) in [5, 5.41) is 3.30. The molecule has 2 aromatic carbocycles. The van der Waals surface area contributed by atoms with E-state index in [0.717, 1.165) is 12.0 Å². The topological polar surface area (TPSA) is 29.1 Å². The van der Waals surface area contributed by atoms with Crippen molar-refractivity contribution in [3.05, 3.63) is 64.2 Å². The van der Waals surface area contributed by atoms with Crippen LogP contribution in [0, 0.1) is 0 Å². The predicted octanol–water partition coefficient (Wildman–Crippen LogP) is 4.12. The number of thiol groups is 1. The summed E-state index contributed by atoms with van der Waals surface area (Å²) in [6, 6.07) is 13.3. The molecule has 0 aliphatic heterocycles. The van der Waals surface area contributed by atoms with Crippen LogP contribution >= 0.6 is 24.2 Å². The fourth-order valence-electron chi connectivity index (χ4n) is 1.86. The van der Waals surface area contributed by atoms with Crippen molar-refractivity contribution in [1.82, 2.24) is 5.32 Å². The minimum absolute atomic E-state index is 0.189. The van der Waals surface area contributed by atoms with Gasteiger partial charge in [0.05, 0.1) is 10.6 Å². The number of hydrogen-bond donors (Lipinski definition) is 2. The van der Waals surface area contributed by atoms with E-state index in [2.05, 4.69) is 37.0 Å². The number of aryl methyl sites for hydroxylation is 1. The molecule has 0 atom stereocenters. The summed E-state index contributed by atoms with van der Waals surface area (Å²) in [5.41, 5.74) is 2.80. The SMILES string of the molecule is CCc1ccc(CNC(=O)c2cc(S)ccc2Cl)cc1. The van der Waals surface area contributed by atoms with Gasteiger partial charge in [-0.2, -0.15) is 0 Å². The third-order valence-electron chi connectivity index (χ3n) is 3.08. The number of halogens is 1. The second-order valence-corrected chi connectivity index (χ2v) is 5.44. The van der Waals surface area contributed by atoms with Crippen LogP contribution in [-0.2, 0) is 13.0 Å². The Morgan fingerprint density at radius 3 is 2.45 bits per heavy atom. The van der Waals surface area contributed by atoms with Gasteiger partial charge >= 0.3 is 0 Å². The Hall–Kier alpha value is -1.45. The highest BCUT2D eigenvalue weighted by atomic mass is 35.5. The van der Waals surface area contributed by atoms with E-state index in [0.29, 0.717) is 22.0 Å². The van der Waals surface area contributed by atoms with Gasteiger partial charge in [0.1, 0.15) is 0 Å². The first-order valence-electron chi connectivity index (χ1n) is 6.44. The van der Waals surface area contributed by atoms with Crippen molar-refractivity contribution in [2.45, 2.75) is 24.8 Å². The van der Waals surface area contributed by atoms with Crippen LogP contribution in [0.25, 0.3) is 0 Å². The molecule has 0 radical (unpaired) electrons. The highest BCUT2D eigenvalue weighted by Crippen LogP contribution is 2.19. The molecule has 0 bridgehead atoms. The van der Waals surface area contributed by atoms with Gasteiger partial charge in [0, 0.05) is 11.4 Å². The largest absolute Gasteiger partial charge is 0.348 e. The van der Waals surface area contributed by atoms with Crippen molar-refractivity contribution in [3.63, 3.8) is 0 Å². The second kappa shape index (κ2) is 6.82. The molecule has 104 valence electrons. The number of nitrogens with one attached hydrogen (secondary N) is 1. The molecule has 2 aromatic rings. The van der Waals surface area contributed by atoms with Crippen molar-refractivity contribution < 1.29 is 4.79 Å². The zero-order valence-corrected chi connectivity index (χ0v) is 12.8. The number of amides is 1. The molecule has 1 amide bonds. The van der Waals surface area contributed by atoms with Gasteiger partial charge in [0.15, 0.2) is 0 Å². The number of hydrogen-bond acceptors (Lipinski definition) is 2. The zero-order chi connectivity index (χ0) is 14.5. The minimum atomic E-state index is -0.189. The second-order valence-electron chi connectivity index (χ2n) is 4.52. The van der Waals surface area contributed by atoms with Crippen LogP contribution in [0.1, 0.15) is 28.4 Å². The maximum atomic E-state index is 12.1. The first-order valence-corrected chi connectivity index (χ1v) is 7.27. The highest BCUT2D eigenvalue weighted by Gasteiger charge is 2.10. The summed E-state index contributed by atoms with van der Waals surface area (Å²) in [5.74, 6) is -0.189. The van der Waals surface area contributed by atoms with Crippen LogP contribution in [0.4, 0.5) is 0 Å². The van der Waals surface area contributed by atoms with Crippen LogP contribution in [0.2, 0.25) is 5.02 Å². The lowest BCUT2D eigenvalue weighted by Crippen LogP contribution is -2.23. The molecule has 0 saturated heterocycles. The van der Waals surface area contributed by atoms with Gasteiger partial charge in [0.25, 0.3) is 5.91 Å². The first kappa shape index (κ1) is 14.9. The Bertz CT molecular complexity index is 610. The van der Waals surface area contributed by atoms with Gasteiger partial charge in [-0.15, -0.1) is 12.6 Å². The first-order chi connectivity index (χ1) is 9.60. The molecular formula is C16H16ClNOS. The zero-order valence-electron chi connectivity index (χ0n) is 11.2. The van der Waals surface area contributed by atoms with E-state index >= 15 is 0 Å². The summed E-state index contributed by atoms with van der Waals surface area (Å²) < 4.78 is 0. The fourth-order valence-corrected chi connectivity index (χ4v) is 2.26. The molecule has 0 saturated carbocycles. The van der Waals surface area contributed by atoms with E-state index in [9.17, 15) is 4.79 Å². The van der Waals surface area contributed by atoms with E-state index in [1.54, 1.807) is 18.2 Å². The third-order valence-corrected chi connectivity index (χ3v) is 3.69. The summed E-state index contributed by atoms with van der Waals surface area (Å²) in [6.45, 7) is 2.60. The molecular weight excluding hydrogens is 290 g/mol. The van der Waals surface area contributed by atoms with E-state index < -0.39 is 0 Å². The Morgan fingerprint density at radius 2 is 1.80 bits per heavy atom. The van der Waals surface area contributed by atoms with Crippen LogP contribution in [-0.4, -0.2) is 5.91 Å². The minimum Gasteiger partial charge on any atom is -0.348 e. The molecule has 0 aliphatic carbocycles. The molecule has 0 fully saturated rings. The maximum Gasteiger partial charge on any atom is 0.253 e. The quantitative estimate of drug-likeness (QED) is 0.817. The maximum absolute atomic E-state index is 12.1. The molecule has 0 spiro atoms. The van der Waals surface area contributed by atoms with Crippen LogP contribution in [0.15, 0.2) is 47.4 Å². The number of benzene rings is 2. The molecule has 1 N–H and O–H groups in total. The van der Waals surface area contributed by atoms with Crippen molar-refractivity contribution >= 4 is 30.1 Å². The van der Waals surface area contributed by atoms with Crippen molar-refractivity contribution in [2.75, 3.05) is 0 Å². The number of carbonyl (C=O) groups is 1. The van der Waals surface area contributed by atoms with Gasteiger partial charge in [-0.05, 0) is 35.7 Å². The van der Waals surface area contributed by atoms with Gasteiger partial charge in [-0.1, -0.05) is 42.8 Å². The Kier molecular flexibility index (Phi) is 5.10. The van der Waals surface area contributed by atoms with Crippen molar-refractivity contribution in [2.24, 2.45) is 0 Å². The van der Waals surface area contributed by atoms with E-state index in [1.807, 2.05) is 12.1 Å². The average molecular weight is 306 g/mol. The smallest absolute Gasteiger partial charge is 0.253 e. The lowest BCUT2D eigenvalue weighted by molar-refractivity contribution is 0.0951. The molecule has 20 heavy (non-hydrogen) atoms. The number of rotatable bonds is 4. The van der Waals surface area contributed by atoms with Crippen LogP contribution in [0.3, 0.4) is 0 Å². The summed E-state index contributed by atoms with van der Waals surface area (Å²) in [4.78, 5) is 12.8. The summed E-state index contributed by atoms with van der Waals surface area (Å²) in [7, 11) is 0. The van der Waals surface area contributed by atoms with Gasteiger partial charge in [0.2, 0.25) is 0 Å². The molecule has 0 aliphatic rings. The van der Waals surface area contributed by atoms with Crippen LogP contribution < -0.4 is 5.32 Å². The molecule has 0 unspecified atom stereocenters. The molecule has 2 nitrogen and oxygen atoms in total. The highest BCUT2D eigenvalue weighted by molar-refractivity contribution is 7.80. The lowest BCUT2D eigenvalue weighted by Gasteiger charge is -2.08. The number of carbonyl (C=O) groups excluding carboxylic acids is 1. The Labute approximate surface area is 129 Å². The van der Waals surface area contributed by atoms with Crippen LogP contribution in [0.5, 0.6) is 0 Å². The van der Waals surface area contributed by atoms with Gasteiger partial charge < -0.3 is 5.32 Å². The van der Waals surface area contributed by atoms with E-state index in [4.69, 9.17) is 11.6 Å². The average Bonchev–Trinajstić information content (AvgIpc) is 2.47. The fraction of sp³-hybridized carbons (Fsp3) is 0.188. The third kappa shape index (κ3) is 3.78. The Balaban J connectivity index is 2.02. The Morgan fingerprint density at radius 1 is 1.15 bits per heavy atom. The van der Waals surface area contributed by atoms with E-state index in [1.165, 1.54) is 5.56 Å². The normalized spacial score (nSPS) is 10.3. The standard InChI is InChI=1S/C16H16ClNOS/c1-2-11-3-5-12(6-4-11)10-18-16(19)14-9-13(20)7-8-15(14)17/h3-9,20H,2,10H2,1H3,(H,18,19). The molecule has 0 heterocycles. The van der Waals surface area contributed by atoms with Gasteiger partial charge in [-0.25, -0.2) is 0 Å². The lowest BCUT2D eigenvalue weighted by atomic mass is 10.1.